The van der Waals surface area contributed by atoms with Crippen LogP contribution in [0.2, 0.25) is 0 Å². The van der Waals surface area contributed by atoms with Gasteiger partial charge in [0, 0.05) is 0 Å². The molecule has 0 heterocycles. The Balaban J connectivity index is 0.000000283. The van der Waals surface area contributed by atoms with Crippen molar-refractivity contribution in [2.24, 2.45) is 11.5 Å². The van der Waals surface area contributed by atoms with Gasteiger partial charge in [0.2, 0.25) is 0 Å². The van der Waals surface area contributed by atoms with Crippen LogP contribution >= 0.6 is 0 Å². The number of aliphatic carboxylic acids is 2. The van der Waals surface area contributed by atoms with E-state index in [1.807, 2.05) is 0 Å². The summed E-state index contributed by atoms with van der Waals surface area (Å²) in [6.07, 6.45) is 0.447. The van der Waals surface area contributed by atoms with Gasteiger partial charge in [-0.25, -0.2) is 0 Å². The molecule has 0 bridgehead atoms. The second kappa shape index (κ2) is 10.8. The van der Waals surface area contributed by atoms with Gasteiger partial charge in [-0.2, -0.15) is 0 Å². The SMILES string of the molecule is COc1ccc(CC(N)C(=O)O)cc1O.NC(Cc1ccc(O)cc1)C(=O)O. The largest absolute Gasteiger partial charge is 0.508 e. The maximum atomic E-state index is 10.5. The average molecular weight is 392 g/mol. The molecule has 0 amide bonds. The number of phenols is 2. The summed E-state index contributed by atoms with van der Waals surface area (Å²) in [6.45, 7) is 0. The number of aromatic hydroxyl groups is 2. The smallest absolute Gasteiger partial charge is 0.320 e. The van der Waals surface area contributed by atoms with Gasteiger partial charge in [0.25, 0.3) is 0 Å². The third-order valence-electron chi connectivity index (χ3n) is 3.73. The molecule has 0 spiro atoms. The number of carboxylic acids is 2. The molecule has 0 fully saturated rings. The van der Waals surface area contributed by atoms with Crippen molar-refractivity contribution in [1.29, 1.82) is 0 Å². The molecular weight excluding hydrogens is 368 g/mol. The molecule has 152 valence electrons. The molecular formula is C19H24N2O7. The fourth-order valence-corrected chi connectivity index (χ4v) is 2.18. The quantitative estimate of drug-likeness (QED) is 0.396. The Morgan fingerprint density at radius 2 is 1.36 bits per heavy atom. The van der Waals surface area contributed by atoms with Gasteiger partial charge in [-0.05, 0) is 48.2 Å². The Morgan fingerprint density at radius 1 is 0.893 bits per heavy atom. The first kappa shape index (κ1) is 22.7. The molecule has 0 aliphatic heterocycles. The van der Waals surface area contributed by atoms with Crippen LogP contribution in [0, 0.1) is 0 Å². The van der Waals surface area contributed by atoms with Crippen molar-refractivity contribution in [2.75, 3.05) is 7.11 Å². The standard InChI is InChI=1S/C10H13NO4.C9H11NO3/c1-15-9-3-2-6(5-8(9)12)4-7(11)10(13)14;10-8(9(12)13)5-6-1-3-7(11)4-2-6/h2-3,5,7,12H,4,11H2,1H3,(H,13,14);1-4,8,11H,5,10H2,(H,12,13). The highest BCUT2D eigenvalue weighted by Gasteiger charge is 2.13. The zero-order chi connectivity index (χ0) is 21.3. The molecule has 2 rings (SSSR count). The summed E-state index contributed by atoms with van der Waals surface area (Å²) in [5.74, 6) is -1.60. The predicted molar refractivity (Wildman–Crippen MR) is 101 cm³/mol. The van der Waals surface area contributed by atoms with E-state index < -0.39 is 24.0 Å². The zero-order valence-corrected chi connectivity index (χ0v) is 15.3. The Kier molecular flexibility index (Phi) is 8.73. The lowest BCUT2D eigenvalue weighted by molar-refractivity contribution is -0.139. The van der Waals surface area contributed by atoms with E-state index >= 15 is 0 Å². The van der Waals surface area contributed by atoms with Gasteiger partial charge in [0.05, 0.1) is 7.11 Å². The molecule has 9 heteroatoms. The molecule has 0 aliphatic carbocycles. The van der Waals surface area contributed by atoms with E-state index in [0.29, 0.717) is 11.3 Å². The van der Waals surface area contributed by atoms with Crippen molar-refractivity contribution in [3.05, 3.63) is 53.6 Å². The van der Waals surface area contributed by atoms with Gasteiger partial charge in [0.15, 0.2) is 11.5 Å². The van der Waals surface area contributed by atoms with Gasteiger partial charge in [-0.1, -0.05) is 18.2 Å². The maximum Gasteiger partial charge on any atom is 0.320 e. The van der Waals surface area contributed by atoms with Crippen molar-refractivity contribution < 1.29 is 34.8 Å². The van der Waals surface area contributed by atoms with Crippen LogP contribution in [0.4, 0.5) is 0 Å². The minimum absolute atomic E-state index is 0.0208. The minimum atomic E-state index is -1.06. The summed E-state index contributed by atoms with van der Waals surface area (Å²) in [7, 11) is 1.44. The number of hydrogen-bond donors (Lipinski definition) is 6. The lowest BCUT2D eigenvalue weighted by atomic mass is 10.1. The number of carbonyl (C=O) groups is 2. The Morgan fingerprint density at radius 3 is 1.79 bits per heavy atom. The van der Waals surface area contributed by atoms with Crippen molar-refractivity contribution in [3.63, 3.8) is 0 Å². The molecule has 9 nitrogen and oxygen atoms in total. The summed E-state index contributed by atoms with van der Waals surface area (Å²) in [6, 6.07) is 9.15. The summed E-state index contributed by atoms with van der Waals surface area (Å²) >= 11 is 0. The average Bonchev–Trinajstić information content (AvgIpc) is 2.64. The zero-order valence-electron chi connectivity index (χ0n) is 15.3. The molecule has 8 N–H and O–H groups in total. The highest BCUT2D eigenvalue weighted by molar-refractivity contribution is 5.74. The topological polar surface area (TPSA) is 176 Å². The molecule has 2 aromatic carbocycles. The fraction of sp³-hybridized carbons (Fsp3) is 0.263. The van der Waals surface area contributed by atoms with Crippen LogP contribution in [0.5, 0.6) is 17.2 Å². The number of benzene rings is 2. The van der Waals surface area contributed by atoms with E-state index in [-0.39, 0.29) is 24.3 Å². The number of nitrogens with two attached hydrogens (primary N) is 2. The van der Waals surface area contributed by atoms with Gasteiger partial charge in [-0.3, -0.25) is 9.59 Å². The summed E-state index contributed by atoms with van der Waals surface area (Å²) in [4.78, 5) is 20.9. The Bertz CT molecular complexity index is 793. The van der Waals surface area contributed by atoms with Crippen LogP contribution < -0.4 is 16.2 Å². The molecule has 2 aromatic rings. The van der Waals surface area contributed by atoms with Crippen molar-refractivity contribution in [1.82, 2.24) is 0 Å². The molecule has 2 unspecified atom stereocenters. The first-order valence-electron chi connectivity index (χ1n) is 8.24. The number of methoxy groups -OCH3 is 1. The van der Waals surface area contributed by atoms with E-state index in [4.69, 9.17) is 31.5 Å². The fourth-order valence-electron chi connectivity index (χ4n) is 2.18. The molecule has 2 atom stereocenters. The van der Waals surface area contributed by atoms with Gasteiger partial charge in [-0.15, -0.1) is 0 Å². The predicted octanol–water partition coefficient (Wildman–Crippen LogP) is 0.702. The third kappa shape index (κ3) is 7.52. The van der Waals surface area contributed by atoms with Gasteiger partial charge >= 0.3 is 11.9 Å². The maximum absolute atomic E-state index is 10.5. The van der Waals surface area contributed by atoms with E-state index in [9.17, 15) is 14.7 Å². The molecule has 0 aromatic heterocycles. The molecule has 28 heavy (non-hydrogen) atoms. The highest BCUT2D eigenvalue weighted by Crippen LogP contribution is 2.26. The van der Waals surface area contributed by atoms with Crippen LogP contribution in [0.1, 0.15) is 11.1 Å². The summed E-state index contributed by atoms with van der Waals surface area (Å²) in [5, 5.41) is 35.5. The Hall–Kier alpha value is -3.30. The minimum Gasteiger partial charge on any atom is -0.508 e. The van der Waals surface area contributed by atoms with Crippen molar-refractivity contribution in [2.45, 2.75) is 24.9 Å². The van der Waals surface area contributed by atoms with Crippen LogP contribution in [0.25, 0.3) is 0 Å². The van der Waals surface area contributed by atoms with Crippen molar-refractivity contribution >= 4 is 11.9 Å². The van der Waals surface area contributed by atoms with E-state index in [2.05, 4.69) is 0 Å². The van der Waals surface area contributed by atoms with E-state index in [1.165, 1.54) is 25.3 Å². The highest BCUT2D eigenvalue weighted by atomic mass is 16.5. The van der Waals surface area contributed by atoms with Crippen LogP contribution in [-0.2, 0) is 22.4 Å². The monoisotopic (exact) mass is 392 g/mol. The molecule has 0 aliphatic rings. The number of hydrogen-bond acceptors (Lipinski definition) is 7. The first-order valence-corrected chi connectivity index (χ1v) is 8.24. The number of phenolic OH excluding ortho intramolecular Hbond substituents is 2. The van der Waals surface area contributed by atoms with Crippen molar-refractivity contribution in [3.8, 4) is 17.2 Å². The lowest BCUT2D eigenvalue weighted by Gasteiger charge is -2.08. The van der Waals surface area contributed by atoms with E-state index in [1.54, 1.807) is 24.3 Å². The Labute approximate surface area is 161 Å². The van der Waals surface area contributed by atoms with Gasteiger partial charge in [0.1, 0.15) is 17.8 Å². The van der Waals surface area contributed by atoms with Crippen LogP contribution in [0.15, 0.2) is 42.5 Å². The van der Waals surface area contributed by atoms with E-state index in [0.717, 1.165) is 5.56 Å². The third-order valence-corrected chi connectivity index (χ3v) is 3.73. The summed E-state index contributed by atoms with van der Waals surface area (Å²) < 4.78 is 4.85. The molecule has 0 saturated carbocycles. The first-order chi connectivity index (χ1) is 13.1. The number of ether oxygens (including phenoxy) is 1. The normalized spacial score (nSPS) is 12.2. The number of rotatable bonds is 7. The second-order valence-electron chi connectivity index (χ2n) is 5.97. The molecule has 0 saturated heterocycles. The second-order valence-corrected chi connectivity index (χ2v) is 5.97. The summed E-state index contributed by atoms with van der Waals surface area (Å²) in [5.41, 5.74) is 12.1. The van der Waals surface area contributed by atoms with Crippen LogP contribution in [-0.4, -0.2) is 51.6 Å². The van der Waals surface area contributed by atoms with Gasteiger partial charge < -0.3 is 36.6 Å². The molecule has 0 radical (unpaired) electrons. The number of carboxylic acid groups (broad SMARTS) is 2. The lowest BCUT2D eigenvalue weighted by Crippen LogP contribution is -2.32. The van der Waals surface area contributed by atoms with Crippen LogP contribution in [0.3, 0.4) is 0 Å².